The van der Waals surface area contributed by atoms with Crippen molar-refractivity contribution >= 4 is 5.91 Å². The van der Waals surface area contributed by atoms with Crippen LogP contribution in [0.2, 0.25) is 0 Å². The van der Waals surface area contributed by atoms with Crippen LogP contribution < -0.4 is 0 Å². The molecule has 1 fully saturated rings. The molecule has 1 atom stereocenters. The Morgan fingerprint density at radius 3 is 2.64 bits per heavy atom. The topological polar surface area (TPSA) is 23.6 Å². The van der Waals surface area contributed by atoms with Gasteiger partial charge in [-0.1, -0.05) is 30.3 Å². The Balaban J connectivity index is 1.66. The largest absolute Gasteiger partial charge is 0.343 e. The van der Waals surface area contributed by atoms with E-state index >= 15 is 0 Å². The molecule has 22 heavy (non-hydrogen) atoms. The number of likely N-dealkylation sites (tertiary alicyclic amines) is 1. The first-order chi connectivity index (χ1) is 10.7. The van der Waals surface area contributed by atoms with Gasteiger partial charge in [-0.15, -0.1) is 0 Å². The average Bonchev–Trinajstić information content (AvgIpc) is 2.78. The summed E-state index contributed by atoms with van der Waals surface area (Å²) in [6, 6.07) is 11.2. The third-order valence-corrected chi connectivity index (χ3v) is 4.73. The summed E-state index contributed by atoms with van der Waals surface area (Å²) in [4.78, 5) is 16.7. The van der Waals surface area contributed by atoms with Gasteiger partial charge in [0.25, 0.3) is 0 Å². The number of amides is 1. The van der Waals surface area contributed by atoms with Gasteiger partial charge in [-0.05, 0) is 58.2 Å². The van der Waals surface area contributed by atoms with Crippen molar-refractivity contribution in [1.29, 1.82) is 0 Å². The summed E-state index contributed by atoms with van der Waals surface area (Å²) in [5.74, 6) is 0.354. The molecule has 0 bridgehead atoms. The Morgan fingerprint density at radius 1 is 1.14 bits per heavy atom. The van der Waals surface area contributed by atoms with E-state index in [1.807, 2.05) is 6.07 Å². The van der Waals surface area contributed by atoms with Crippen LogP contribution in [0.4, 0.5) is 0 Å². The zero-order chi connectivity index (χ0) is 15.8. The van der Waals surface area contributed by atoms with Crippen LogP contribution in [0.5, 0.6) is 0 Å². The molecule has 3 heteroatoms. The van der Waals surface area contributed by atoms with E-state index in [2.05, 4.69) is 48.2 Å². The van der Waals surface area contributed by atoms with E-state index < -0.39 is 0 Å². The van der Waals surface area contributed by atoms with Crippen LogP contribution in [0.25, 0.3) is 0 Å². The number of unbranched alkanes of at least 4 members (excludes halogenated alkanes) is 1. The van der Waals surface area contributed by atoms with E-state index in [9.17, 15) is 4.79 Å². The second kappa shape index (κ2) is 8.94. The predicted octanol–water partition coefficient (Wildman–Crippen LogP) is 3.34. The van der Waals surface area contributed by atoms with Crippen LogP contribution in [0.3, 0.4) is 0 Å². The van der Waals surface area contributed by atoms with E-state index in [1.54, 1.807) is 0 Å². The number of rotatable bonds is 6. The molecule has 1 aliphatic heterocycles. The molecule has 1 amide bonds. The predicted molar refractivity (Wildman–Crippen MR) is 91.9 cm³/mol. The third-order valence-electron chi connectivity index (χ3n) is 4.73. The number of hydrogen-bond acceptors (Lipinski definition) is 2. The molecule has 1 heterocycles. The number of hydrogen-bond donors (Lipinski definition) is 0. The number of aryl methyl sites for hydroxylation is 1. The Hall–Kier alpha value is -1.35. The van der Waals surface area contributed by atoms with Crippen LogP contribution >= 0.6 is 0 Å². The second-order valence-corrected chi connectivity index (χ2v) is 6.62. The number of carbonyl (C=O) groups excluding carboxylic acids is 1. The molecule has 1 aliphatic rings. The molecule has 0 aliphatic carbocycles. The molecule has 2 rings (SSSR count). The van der Waals surface area contributed by atoms with Gasteiger partial charge in [0.15, 0.2) is 0 Å². The van der Waals surface area contributed by atoms with Crippen LogP contribution in [-0.4, -0.2) is 48.9 Å². The van der Waals surface area contributed by atoms with Gasteiger partial charge in [-0.3, -0.25) is 4.79 Å². The highest BCUT2D eigenvalue weighted by Crippen LogP contribution is 2.16. The Morgan fingerprint density at radius 2 is 1.91 bits per heavy atom. The molecule has 0 saturated carbocycles. The minimum atomic E-state index is 0.354. The van der Waals surface area contributed by atoms with Crippen molar-refractivity contribution < 1.29 is 4.79 Å². The summed E-state index contributed by atoms with van der Waals surface area (Å²) >= 11 is 0. The highest BCUT2D eigenvalue weighted by molar-refractivity contribution is 5.76. The maximum absolute atomic E-state index is 12.4. The molecule has 0 N–H and O–H groups in total. The van der Waals surface area contributed by atoms with Gasteiger partial charge in [0.05, 0.1) is 0 Å². The summed E-state index contributed by atoms with van der Waals surface area (Å²) in [7, 11) is 4.29. The fourth-order valence-corrected chi connectivity index (χ4v) is 3.25. The van der Waals surface area contributed by atoms with Crippen molar-refractivity contribution in [3.05, 3.63) is 35.9 Å². The highest BCUT2D eigenvalue weighted by Gasteiger charge is 2.21. The molecule has 0 unspecified atom stereocenters. The van der Waals surface area contributed by atoms with Gasteiger partial charge in [0, 0.05) is 25.6 Å². The lowest BCUT2D eigenvalue weighted by atomic mass is 10.1. The van der Waals surface area contributed by atoms with Crippen molar-refractivity contribution in [3.63, 3.8) is 0 Å². The van der Waals surface area contributed by atoms with Crippen LogP contribution in [0.1, 0.15) is 44.1 Å². The zero-order valence-corrected chi connectivity index (χ0v) is 14.1. The Kier molecular flexibility index (Phi) is 6.91. The Labute approximate surface area is 135 Å². The smallest absolute Gasteiger partial charge is 0.222 e. The van der Waals surface area contributed by atoms with Crippen molar-refractivity contribution in [2.75, 3.05) is 27.2 Å². The van der Waals surface area contributed by atoms with E-state index in [4.69, 9.17) is 0 Å². The maximum atomic E-state index is 12.4. The van der Waals surface area contributed by atoms with Gasteiger partial charge >= 0.3 is 0 Å². The fourth-order valence-electron chi connectivity index (χ4n) is 3.25. The fraction of sp³-hybridized carbons (Fsp3) is 0.632. The van der Waals surface area contributed by atoms with Crippen LogP contribution in [-0.2, 0) is 11.2 Å². The lowest BCUT2D eigenvalue weighted by Gasteiger charge is -2.23. The maximum Gasteiger partial charge on any atom is 0.222 e. The molecular formula is C19H30N2O. The molecule has 1 aromatic rings. The van der Waals surface area contributed by atoms with E-state index in [1.165, 1.54) is 12.0 Å². The van der Waals surface area contributed by atoms with Gasteiger partial charge in [0.1, 0.15) is 0 Å². The summed E-state index contributed by atoms with van der Waals surface area (Å²) in [5.41, 5.74) is 1.37. The van der Waals surface area contributed by atoms with Gasteiger partial charge in [0.2, 0.25) is 5.91 Å². The first kappa shape index (κ1) is 17.0. The minimum Gasteiger partial charge on any atom is -0.343 e. The van der Waals surface area contributed by atoms with Crippen molar-refractivity contribution in [2.24, 2.45) is 0 Å². The quantitative estimate of drug-likeness (QED) is 0.752. The monoisotopic (exact) mass is 302 g/mol. The summed E-state index contributed by atoms with van der Waals surface area (Å²) in [6.45, 7) is 1.88. The number of benzene rings is 1. The average molecular weight is 302 g/mol. The van der Waals surface area contributed by atoms with Crippen molar-refractivity contribution in [3.8, 4) is 0 Å². The molecule has 0 radical (unpaired) electrons. The summed E-state index contributed by atoms with van der Waals surface area (Å²) in [6.07, 6.45) is 7.35. The van der Waals surface area contributed by atoms with Gasteiger partial charge < -0.3 is 9.80 Å². The van der Waals surface area contributed by atoms with Crippen LogP contribution in [0, 0.1) is 0 Å². The Bertz CT molecular complexity index is 444. The van der Waals surface area contributed by atoms with E-state index in [0.717, 1.165) is 45.2 Å². The highest BCUT2D eigenvalue weighted by atomic mass is 16.2. The third kappa shape index (κ3) is 5.45. The molecule has 1 saturated heterocycles. The van der Waals surface area contributed by atoms with E-state index in [0.29, 0.717) is 18.4 Å². The lowest BCUT2D eigenvalue weighted by Crippen LogP contribution is -2.33. The number of carbonyl (C=O) groups is 1. The van der Waals surface area contributed by atoms with Gasteiger partial charge in [-0.25, -0.2) is 0 Å². The number of nitrogens with zero attached hydrogens (tertiary/aromatic N) is 2. The first-order valence-electron chi connectivity index (χ1n) is 8.65. The molecule has 0 spiro atoms. The second-order valence-electron chi connectivity index (χ2n) is 6.62. The van der Waals surface area contributed by atoms with Crippen molar-refractivity contribution in [2.45, 2.75) is 51.0 Å². The van der Waals surface area contributed by atoms with Crippen molar-refractivity contribution in [1.82, 2.24) is 9.80 Å². The van der Waals surface area contributed by atoms with E-state index in [-0.39, 0.29) is 0 Å². The first-order valence-corrected chi connectivity index (χ1v) is 8.65. The molecular weight excluding hydrogens is 272 g/mol. The minimum absolute atomic E-state index is 0.354. The molecule has 0 aromatic heterocycles. The normalized spacial score (nSPS) is 19.2. The lowest BCUT2D eigenvalue weighted by molar-refractivity contribution is -0.131. The summed E-state index contributed by atoms with van der Waals surface area (Å²) < 4.78 is 0. The molecule has 1 aromatic carbocycles. The zero-order valence-electron chi connectivity index (χ0n) is 14.1. The molecule has 3 nitrogen and oxygen atoms in total. The SMILES string of the molecule is CN(C)[C@@H]1CCCN(C(=O)CCCCc2ccccc2)CC1. The standard InChI is InChI=1S/C19H30N2O/c1-20(2)18-12-8-15-21(16-14-18)19(22)13-7-6-11-17-9-4-3-5-10-17/h3-5,9-10,18H,6-8,11-16H2,1-2H3/t18-/m1/s1. The summed E-state index contributed by atoms with van der Waals surface area (Å²) in [5, 5.41) is 0. The van der Waals surface area contributed by atoms with Crippen LogP contribution in [0.15, 0.2) is 30.3 Å². The van der Waals surface area contributed by atoms with Gasteiger partial charge in [-0.2, -0.15) is 0 Å². The molecule has 122 valence electrons.